The van der Waals surface area contributed by atoms with E-state index in [1.54, 1.807) is 6.07 Å². The second kappa shape index (κ2) is 8.22. The van der Waals surface area contributed by atoms with Gasteiger partial charge in [0.1, 0.15) is 0 Å². The normalized spacial score (nSPS) is 11.4. The maximum absolute atomic E-state index is 12.6. The first-order chi connectivity index (χ1) is 12.5. The van der Waals surface area contributed by atoms with Crippen LogP contribution < -0.4 is 5.32 Å². The number of hydrogen-bond donors (Lipinski definition) is 1. The molecule has 1 N–H and O–H groups in total. The van der Waals surface area contributed by atoms with Gasteiger partial charge in [-0.05, 0) is 25.1 Å². The molecule has 1 amide bonds. The van der Waals surface area contributed by atoms with E-state index >= 15 is 0 Å². The van der Waals surface area contributed by atoms with E-state index < -0.39 is 27.4 Å². The minimum absolute atomic E-state index is 0.169. The van der Waals surface area contributed by atoms with Crippen LogP contribution in [0, 0.1) is 17.0 Å². The fraction of sp³-hybridized carbons (Fsp3) is 0.188. The third-order valence-corrected chi connectivity index (χ3v) is 6.11. The van der Waals surface area contributed by atoms with E-state index in [0.717, 1.165) is 10.4 Å². The zero-order valence-electron chi connectivity index (χ0n) is 14.3. The molecule has 2 rings (SSSR count). The molecule has 2 aromatic carbocycles. The number of aryl methyl sites for hydroxylation is 1. The molecule has 11 heteroatoms. The van der Waals surface area contributed by atoms with Crippen LogP contribution >= 0.6 is 23.2 Å². The molecule has 0 unspecified atom stereocenters. The van der Waals surface area contributed by atoms with Crippen molar-refractivity contribution in [1.82, 2.24) is 4.31 Å². The van der Waals surface area contributed by atoms with E-state index in [-0.39, 0.29) is 26.3 Å². The molecule has 0 fully saturated rings. The van der Waals surface area contributed by atoms with Crippen molar-refractivity contribution in [2.75, 3.05) is 18.9 Å². The van der Waals surface area contributed by atoms with Crippen LogP contribution in [0.4, 0.5) is 11.4 Å². The van der Waals surface area contributed by atoms with Gasteiger partial charge in [-0.2, -0.15) is 4.31 Å². The van der Waals surface area contributed by atoms with Crippen LogP contribution in [0.5, 0.6) is 0 Å². The highest BCUT2D eigenvalue weighted by Gasteiger charge is 2.26. The summed E-state index contributed by atoms with van der Waals surface area (Å²) in [6, 6.07) is 8.19. The Morgan fingerprint density at radius 3 is 2.37 bits per heavy atom. The molecular weight excluding hydrogens is 417 g/mol. The van der Waals surface area contributed by atoms with Crippen molar-refractivity contribution >= 4 is 50.5 Å². The monoisotopic (exact) mass is 431 g/mol. The number of carbonyl (C=O) groups is 1. The Kier molecular flexibility index (Phi) is 6.42. The van der Waals surface area contributed by atoms with Crippen LogP contribution in [0.25, 0.3) is 0 Å². The van der Waals surface area contributed by atoms with Crippen LogP contribution in [0.3, 0.4) is 0 Å². The summed E-state index contributed by atoms with van der Waals surface area (Å²) in [4.78, 5) is 22.3. The van der Waals surface area contributed by atoms with Crippen LogP contribution in [-0.4, -0.2) is 37.1 Å². The molecule has 0 bridgehead atoms. The topological polar surface area (TPSA) is 110 Å². The predicted octanol–water partition coefficient (Wildman–Crippen LogP) is 3.47. The van der Waals surface area contributed by atoms with Crippen LogP contribution in [0.2, 0.25) is 10.0 Å². The summed E-state index contributed by atoms with van der Waals surface area (Å²) in [5, 5.41) is 13.9. The minimum Gasteiger partial charge on any atom is -0.322 e. The first-order valence-electron chi connectivity index (χ1n) is 7.49. The van der Waals surface area contributed by atoms with E-state index in [9.17, 15) is 23.3 Å². The molecule has 0 spiro atoms. The molecular formula is C16H15Cl2N3O5S. The Hall–Kier alpha value is -2.20. The number of halogens is 2. The number of benzene rings is 2. The van der Waals surface area contributed by atoms with Crippen LogP contribution in [-0.2, 0) is 14.8 Å². The quantitative estimate of drug-likeness (QED) is 0.555. The highest BCUT2D eigenvalue weighted by Crippen LogP contribution is 2.30. The third-order valence-electron chi connectivity index (χ3n) is 3.68. The highest BCUT2D eigenvalue weighted by atomic mass is 35.5. The largest absolute Gasteiger partial charge is 0.322 e. The molecule has 0 heterocycles. The molecule has 0 atom stereocenters. The second-order valence-electron chi connectivity index (χ2n) is 5.61. The molecule has 0 aliphatic rings. The number of likely N-dealkylation sites (N-methyl/N-ethyl adjacent to an activating group) is 1. The molecule has 0 saturated heterocycles. The lowest BCUT2D eigenvalue weighted by atomic mass is 10.2. The second-order valence-corrected chi connectivity index (χ2v) is 8.47. The molecule has 144 valence electrons. The summed E-state index contributed by atoms with van der Waals surface area (Å²) in [6.45, 7) is 0.963. The first-order valence-corrected chi connectivity index (χ1v) is 9.69. The zero-order valence-corrected chi connectivity index (χ0v) is 16.6. The van der Waals surface area contributed by atoms with Gasteiger partial charge in [0.15, 0.2) is 0 Å². The van der Waals surface area contributed by atoms with Crippen molar-refractivity contribution in [3.8, 4) is 0 Å². The van der Waals surface area contributed by atoms with Gasteiger partial charge in [0.2, 0.25) is 15.9 Å². The standard InChI is InChI=1S/C16H15Cl2N3O5S/c1-10-6-7-11(8-14(10)21(23)24)27(25,26)20(2)9-15(22)19-16-12(17)4-3-5-13(16)18/h3-8H,9H2,1-2H3,(H,19,22). The Labute approximate surface area is 165 Å². The minimum atomic E-state index is -4.12. The Bertz CT molecular complexity index is 991. The van der Waals surface area contributed by atoms with Crippen molar-refractivity contribution < 1.29 is 18.1 Å². The van der Waals surface area contributed by atoms with Crippen molar-refractivity contribution in [2.45, 2.75) is 11.8 Å². The SMILES string of the molecule is Cc1ccc(S(=O)(=O)N(C)CC(=O)Nc2c(Cl)cccc2Cl)cc1[N+](=O)[O-]. The lowest BCUT2D eigenvalue weighted by molar-refractivity contribution is -0.385. The van der Waals surface area contributed by atoms with Gasteiger partial charge >= 0.3 is 0 Å². The number of carbonyl (C=O) groups excluding carboxylic acids is 1. The molecule has 27 heavy (non-hydrogen) atoms. The first kappa shape index (κ1) is 21.1. The fourth-order valence-corrected chi connectivity index (χ4v) is 3.85. The van der Waals surface area contributed by atoms with Gasteiger partial charge in [-0.3, -0.25) is 14.9 Å². The Balaban J connectivity index is 2.21. The van der Waals surface area contributed by atoms with Gasteiger partial charge < -0.3 is 5.32 Å². The number of sulfonamides is 1. The lowest BCUT2D eigenvalue weighted by Gasteiger charge is -2.17. The van der Waals surface area contributed by atoms with Gasteiger partial charge in [-0.15, -0.1) is 0 Å². The number of amides is 1. The number of nitrogens with zero attached hydrogens (tertiary/aromatic N) is 2. The zero-order chi connectivity index (χ0) is 20.4. The summed E-state index contributed by atoms with van der Waals surface area (Å²) < 4.78 is 26.0. The fourth-order valence-electron chi connectivity index (χ4n) is 2.21. The number of nitrogens with one attached hydrogen (secondary N) is 1. The van der Waals surface area contributed by atoms with E-state index in [2.05, 4.69) is 5.32 Å². The summed E-state index contributed by atoms with van der Waals surface area (Å²) in [6.07, 6.45) is 0. The van der Waals surface area contributed by atoms with Crippen LogP contribution in [0.1, 0.15) is 5.56 Å². The molecule has 0 saturated carbocycles. The molecule has 0 aromatic heterocycles. The molecule has 0 aliphatic heterocycles. The number of nitro groups is 1. The van der Waals surface area contributed by atoms with Crippen molar-refractivity contribution in [1.29, 1.82) is 0 Å². The summed E-state index contributed by atoms with van der Waals surface area (Å²) in [5.74, 6) is -0.669. The molecule has 0 radical (unpaired) electrons. The van der Waals surface area contributed by atoms with Crippen molar-refractivity contribution in [2.24, 2.45) is 0 Å². The van der Waals surface area contributed by atoms with E-state index in [1.165, 1.54) is 38.2 Å². The van der Waals surface area contributed by atoms with Gasteiger partial charge in [-0.25, -0.2) is 8.42 Å². The van der Waals surface area contributed by atoms with Gasteiger partial charge in [0.25, 0.3) is 5.69 Å². The number of para-hydroxylation sites is 1. The maximum Gasteiger partial charge on any atom is 0.273 e. The molecule has 2 aromatic rings. The lowest BCUT2D eigenvalue weighted by Crippen LogP contribution is -2.35. The third kappa shape index (κ3) is 4.75. The van der Waals surface area contributed by atoms with Crippen molar-refractivity contribution in [3.05, 3.63) is 62.1 Å². The average Bonchev–Trinajstić information content (AvgIpc) is 2.58. The number of anilines is 1. The summed E-state index contributed by atoms with van der Waals surface area (Å²) in [7, 11) is -2.93. The number of nitro benzene ring substituents is 1. The molecule has 0 aliphatic carbocycles. The number of hydrogen-bond acceptors (Lipinski definition) is 5. The van der Waals surface area contributed by atoms with E-state index in [1.807, 2.05) is 0 Å². The van der Waals surface area contributed by atoms with Gasteiger partial charge in [0.05, 0.1) is 32.1 Å². The van der Waals surface area contributed by atoms with Gasteiger partial charge in [0, 0.05) is 18.7 Å². The van der Waals surface area contributed by atoms with Crippen LogP contribution in [0.15, 0.2) is 41.3 Å². The Morgan fingerprint density at radius 1 is 1.22 bits per heavy atom. The van der Waals surface area contributed by atoms with E-state index in [0.29, 0.717) is 5.56 Å². The highest BCUT2D eigenvalue weighted by molar-refractivity contribution is 7.89. The number of rotatable bonds is 6. The van der Waals surface area contributed by atoms with E-state index in [4.69, 9.17) is 23.2 Å². The molecule has 8 nitrogen and oxygen atoms in total. The summed E-state index contributed by atoms with van der Waals surface area (Å²) >= 11 is 11.9. The maximum atomic E-state index is 12.6. The average molecular weight is 432 g/mol. The predicted molar refractivity (Wildman–Crippen MR) is 103 cm³/mol. The van der Waals surface area contributed by atoms with Crippen molar-refractivity contribution in [3.63, 3.8) is 0 Å². The summed E-state index contributed by atoms with van der Waals surface area (Å²) in [5.41, 5.74) is 0.173. The smallest absolute Gasteiger partial charge is 0.273 e. The Morgan fingerprint density at radius 2 is 1.81 bits per heavy atom. The van der Waals surface area contributed by atoms with Gasteiger partial charge in [-0.1, -0.05) is 35.3 Å².